The van der Waals surface area contributed by atoms with E-state index < -0.39 is 0 Å². The second-order valence-electron chi connectivity index (χ2n) is 3.80. The third-order valence-corrected chi connectivity index (χ3v) is 2.56. The maximum absolute atomic E-state index is 11.7. The molecule has 0 bridgehead atoms. The first-order valence-electron chi connectivity index (χ1n) is 5.63. The van der Waals surface area contributed by atoms with E-state index in [1.54, 1.807) is 7.11 Å². The van der Waals surface area contributed by atoms with E-state index in [-0.39, 0.29) is 12.4 Å². The van der Waals surface area contributed by atoms with E-state index in [9.17, 15) is 4.79 Å². The Labute approximate surface area is 91.4 Å². The molecule has 0 aliphatic heterocycles. The van der Waals surface area contributed by atoms with Crippen LogP contribution in [0.15, 0.2) is 11.6 Å². The van der Waals surface area contributed by atoms with Gasteiger partial charge in [0, 0.05) is 7.11 Å². The summed E-state index contributed by atoms with van der Waals surface area (Å²) in [4.78, 5) is 11.7. The van der Waals surface area contributed by atoms with Gasteiger partial charge in [-0.15, -0.1) is 0 Å². The average Bonchev–Trinajstić information content (AvgIpc) is 2.52. The molecule has 86 valence electrons. The second kappa shape index (κ2) is 7.60. The molecule has 0 aromatic heterocycles. The molecule has 15 heavy (non-hydrogen) atoms. The number of methoxy groups -OCH3 is 1. The number of carbonyl (C=O) groups excluding carboxylic acids is 1. The maximum atomic E-state index is 11.7. The average molecular weight is 212 g/mol. The second-order valence-corrected chi connectivity index (χ2v) is 3.80. The Hall–Kier alpha value is -0.670. The Bertz CT molecular complexity index is 221. The number of rotatable bonds is 6. The van der Waals surface area contributed by atoms with Gasteiger partial charge in [-0.3, -0.25) is 4.79 Å². The lowest BCUT2D eigenvalue weighted by Crippen LogP contribution is -2.13. The smallest absolute Gasteiger partial charge is 0.184 e. The van der Waals surface area contributed by atoms with Crippen LogP contribution >= 0.6 is 0 Å². The molecule has 0 fully saturated rings. The molecule has 1 aliphatic rings. The monoisotopic (exact) mass is 212 g/mol. The van der Waals surface area contributed by atoms with E-state index >= 15 is 0 Å². The highest BCUT2D eigenvalue weighted by atomic mass is 16.5. The maximum Gasteiger partial charge on any atom is 0.184 e. The molecule has 0 saturated carbocycles. The predicted octanol–water partition coefficient (Wildman–Crippen LogP) is 2.11. The van der Waals surface area contributed by atoms with Crippen LogP contribution in [0.4, 0.5) is 0 Å². The molecule has 3 heteroatoms. The van der Waals surface area contributed by atoms with Gasteiger partial charge in [0.2, 0.25) is 0 Å². The van der Waals surface area contributed by atoms with Gasteiger partial charge in [-0.1, -0.05) is 12.5 Å². The summed E-state index contributed by atoms with van der Waals surface area (Å²) in [5, 5.41) is 0. The molecule has 0 N–H and O–H groups in total. The van der Waals surface area contributed by atoms with Crippen LogP contribution in [0.3, 0.4) is 0 Å². The zero-order chi connectivity index (χ0) is 10.9. The van der Waals surface area contributed by atoms with Crippen LogP contribution in [0.25, 0.3) is 0 Å². The van der Waals surface area contributed by atoms with E-state index in [1.807, 2.05) is 0 Å². The van der Waals surface area contributed by atoms with Crippen molar-refractivity contribution in [1.29, 1.82) is 0 Å². The molecule has 0 spiro atoms. The molecule has 1 aliphatic carbocycles. The van der Waals surface area contributed by atoms with Gasteiger partial charge in [-0.05, 0) is 31.3 Å². The first kappa shape index (κ1) is 12.4. The highest BCUT2D eigenvalue weighted by Crippen LogP contribution is 2.17. The van der Waals surface area contributed by atoms with E-state index in [0.717, 1.165) is 24.8 Å². The third kappa shape index (κ3) is 5.09. The highest BCUT2D eigenvalue weighted by molar-refractivity contribution is 5.96. The van der Waals surface area contributed by atoms with Crippen molar-refractivity contribution in [3.63, 3.8) is 0 Å². The fourth-order valence-electron chi connectivity index (χ4n) is 1.67. The first-order valence-corrected chi connectivity index (χ1v) is 5.63. The van der Waals surface area contributed by atoms with Crippen molar-refractivity contribution in [1.82, 2.24) is 0 Å². The molecule has 0 aromatic carbocycles. The summed E-state index contributed by atoms with van der Waals surface area (Å²) < 4.78 is 10.1. The lowest BCUT2D eigenvalue weighted by Gasteiger charge is -2.05. The number of hydrogen-bond acceptors (Lipinski definition) is 3. The predicted molar refractivity (Wildman–Crippen MR) is 58.9 cm³/mol. The molecule has 0 unspecified atom stereocenters. The van der Waals surface area contributed by atoms with Crippen LogP contribution in [0, 0.1) is 0 Å². The summed E-state index contributed by atoms with van der Waals surface area (Å²) in [6.07, 6.45) is 7.62. The molecule has 1 rings (SSSR count). The van der Waals surface area contributed by atoms with E-state index in [2.05, 4.69) is 6.08 Å². The van der Waals surface area contributed by atoms with Gasteiger partial charge >= 0.3 is 0 Å². The first-order chi connectivity index (χ1) is 7.34. The zero-order valence-corrected chi connectivity index (χ0v) is 9.46. The largest absolute Gasteiger partial charge is 0.382 e. The van der Waals surface area contributed by atoms with Crippen molar-refractivity contribution in [2.24, 2.45) is 0 Å². The van der Waals surface area contributed by atoms with Gasteiger partial charge < -0.3 is 9.47 Å². The zero-order valence-electron chi connectivity index (χ0n) is 9.46. The van der Waals surface area contributed by atoms with Gasteiger partial charge in [-0.25, -0.2) is 0 Å². The molecule has 0 aromatic rings. The van der Waals surface area contributed by atoms with Crippen molar-refractivity contribution in [2.45, 2.75) is 32.1 Å². The molecule has 0 radical (unpaired) electrons. The van der Waals surface area contributed by atoms with Crippen LogP contribution in [0.1, 0.15) is 32.1 Å². The number of Topliss-reactive ketones (excluding diaryl/α,β-unsaturated/α-hetero) is 1. The number of carbonyl (C=O) groups is 1. The molecule has 0 amide bonds. The number of ketones is 1. The number of hydrogen-bond donors (Lipinski definition) is 0. The minimum absolute atomic E-state index is 0.146. The SMILES string of the molecule is COCCOCC(=O)C1=CCCCCC1. The van der Waals surface area contributed by atoms with Gasteiger partial charge in [0.1, 0.15) is 6.61 Å². The fourth-order valence-corrected chi connectivity index (χ4v) is 1.67. The normalized spacial score (nSPS) is 17.0. The standard InChI is InChI=1S/C12H20O3/c1-14-8-9-15-10-12(13)11-6-4-2-3-5-7-11/h6H,2-5,7-10H2,1H3. The summed E-state index contributed by atoms with van der Waals surface area (Å²) >= 11 is 0. The molecular formula is C12H20O3. The van der Waals surface area contributed by atoms with Gasteiger partial charge in [-0.2, -0.15) is 0 Å². The van der Waals surface area contributed by atoms with Crippen LogP contribution in [0.2, 0.25) is 0 Å². The Morgan fingerprint density at radius 3 is 3.00 bits per heavy atom. The Morgan fingerprint density at radius 2 is 2.20 bits per heavy atom. The van der Waals surface area contributed by atoms with E-state index in [0.29, 0.717) is 13.2 Å². The van der Waals surface area contributed by atoms with Crippen molar-refractivity contribution in [2.75, 3.05) is 26.9 Å². The van der Waals surface area contributed by atoms with E-state index in [4.69, 9.17) is 9.47 Å². The van der Waals surface area contributed by atoms with Gasteiger partial charge in [0.15, 0.2) is 5.78 Å². The van der Waals surface area contributed by atoms with Crippen molar-refractivity contribution in [3.8, 4) is 0 Å². The van der Waals surface area contributed by atoms with Crippen molar-refractivity contribution in [3.05, 3.63) is 11.6 Å². The number of allylic oxidation sites excluding steroid dienone is 1. The lowest BCUT2D eigenvalue weighted by atomic mass is 10.1. The third-order valence-electron chi connectivity index (χ3n) is 2.56. The molecule has 0 saturated heterocycles. The highest BCUT2D eigenvalue weighted by Gasteiger charge is 2.11. The van der Waals surface area contributed by atoms with Crippen LogP contribution in [-0.2, 0) is 14.3 Å². The van der Waals surface area contributed by atoms with Crippen LogP contribution in [0.5, 0.6) is 0 Å². The van der Waals surface area contributed by atoms with Crippen molar-refractivity contribution < 1.29 is 14.3 Å². The Balaban J connectivity index is 2.22. The molecular weight excluding hydrogens is 192 g/mol. The minimum atomic E-state index is 0.146. The van der Waals surface area contributed by atoms with Crippen molar-refractivity contribution >= 4 is 5.78 Å². The quantitative estimate of drug-likeness (QED) is 0.632. The number of ether oxygens (including phenoxy) is 2. The van der Waals surface area contributed by atoms with Gasteiger partial charge in [0.05, 0.1) is 13.2 Å². The summed E-state index contributed by atoms with van der Waals surface area (Å²) in [5.41, 5.74) is 0.963. The molecule has 3 nitrogen and oxygen atoms in total. The van der Waals surface area contributed by atoms with Gasteiger partial charge in [0.25, 0.3) is 0 Å². The topological polar surface area (TPSA) is 35.5 Å². The molecule has 0 atom stereocenters. The minimum Gasteiger partial charge on any atom is -0.382 e. The fraction of sp³-hybridized carbons (Fsp3) is 0.750. The molecule has 0 heterocycles. The summed E-state index contributed by atoms with van der Waals surface area (Å²) in [7, 11) is 1.62. The van der Waals surface area contributed by atoms with Crippen LogP contribution < -0.4 is 0 Å². The summed E-state index contributed by atoms with van der Waals surface area (Å²) in [6, 6.07) is 0. The van der Waals surface area contributed by atoms with Crippen LogP contribution in [-0.4, -0.2) is 32.7 Å². The lowest BCUT2D eigenvalue weighted by molar-refractivity contribution is -0.120. The van der Waals surface area contributed by atoms with E-state index in [1.165, 1.54) is 12.8 Å². The Morgan fingerprint density at radius 1 is 1.33 bits per heavy atom. The summed E-state index contributed by atoms with van der Waals surface area (Å²) in [6.45, 7) is 1.25. The summed E-state index contributed by atoms with van der Waals surface area (Å²) in [5.74, 6) is 0.146. The Kier molecular flexibility index (Phi) is 6.28.